The molecule has 3 unspecified atom stereocenters. The van der Waals surface area contributed by atoms with Gasteiger partial charge in [-0.2, -0.15) is 0 Å². The zero-order valence-electron chi connectivity index (χ0n) is 44.1. The van der Waals surface area contributed by atoms with Gasteiger partial charge in [0, 0.05) is 6.42 Å². The van der Waals surface area contributed by atoms with Gasteiger partial charge in [-0.05, 0) is 57.8 Å². The number of hydrogen-bond donors (Lipinski definition) is 2. The highest BCUT2D eigenvalue weighted by Gasteiger charge is 2.23. The van der Waals surface area contributed by atoms with E-state index in [1.165, 1.54) is 199 Å². The molecule has 9 heteroatoms. The predicted molar refractivity (Wildman–Crippen MR) is 284 cm³/mol. The summed E-state index contributed by atoms with van der Waals surface area (Å²) >= 11 is 0. The highest BCUT2D eigenvalue weighted by molar-refractivity contribution is 7.45. The molecule has 0 heterocycles. The Kier molecular flexibility index (Phi) is 47.4. The molecule has 0 saturated heterocycles. The lowest BCUT2D eigenvalue weighted by Gasteiger charge is -2.29. The summed E-state index contributed by atoms with van der Waals surface area (Å²) in [5.74, 6) is -0.210. The van der Waals surface area contributed by atoms with Gasteiger partial charge < -0.3 is 28.8 Å². The standard InChI is InChI=1S/C57H109N2O6P/c1-6-8-10-12-14-16-18-20-22-24-26-27-28-29-30-31-33-34-36-38-40-42-44-46-48-50-56(60)55(54-65-66(62,63)64-53-52-59(3,4)5)58-57(61)51-49-47-45-43-41-39-37-35-32-25-23-21-19-17-15-13-11-9-7-2/h15,17,19,21,40,42,48,50,55-56,60H,6-14,16,18,20,22-39,41,43-47,49,51-54H2,1-5H3,(H-,58,61,62,63)/b17-15-,21-19-,42-40+,50-48+. The number of quaternary nitrogens is 1. The minimum Gasteiger partial charge on any atom is -0.756 e. The van der Waals surface area contributed by atoms with Crippen molar-refractivity contribution in [3.63, 3.8) is 0 Å². The molecule has 0 fully saturated rings. The van der Waals surface area contributed by atoms with Gasteiger partial charge in [0.05, 0.1) is 39.9 Å². The smallest absolute Gasteiger partial charge is 0.268 e. The summed E-state index contributed by atoms with van der Waals surface area (Å²) in [5, 5.41) is 13.9. The molecule has 8 nitrogen and oxygen atoms in total. The van der Waals surface area contributed by atoms with Crippen molar-refractivity contribution < 1.29 is 32.9 Å². The van der Waals surface area contributed by atoms with Crippen LogP contribution in [0.25, 0.3) is 0 Å². The van der Waals surface area contributed by atoms with E-state index in [0.29, 0.717) is 17.4 Å². The van der Waals surface area contributed by atoms with Crippen LogP contribution in [-0.4, -0.2) is 68.5 Å². The Balaban J connectivity index is 4.28. The molecular formula is C57H109N2O6P. The molecule has 1 amide bonds. The molecule has 0 saturated carbocycles. The molecule has 0 radical (unpaired) electrons. The molecule has 0 bridgehead atoms. The lowest BCUT2D eigenvalue weighted by Crippen LogP contribution is -2.45. The number of unbranched alkanes of at least 4 members (excludes halogenated alkanes) is 33. The SMILES string of the molecule is CCCCC/C=C\C=C/CCCCCCCCCCCCC(=O)NC(COP(=O)([O-])OCC[N+](C)(C)C)C(O)/C=C/CC/C=C/CCCCCCCCCCCCCCCCCCCCC. The highest BCUT2D eigenvalue weighted by Crippen LogP contribution is 2.38. The van der Waals surface area contributed by atoms with Gasteiger partial charge in [-0.25, -0.2) is 0 Å². The molecule has 0 aliphatic carbocycles. The van der Waals surface area contributed by atoms with Crippen LogP contribution < -0.4 is 10.2 Å². The Labute approximate surface area is 409 Å². The summed E-state index contributed by atoms with van der Waals surface area (Å²) < 4.78 is 23.3. The van der Waals surface area contributed by atoms with E-state index in [0.717, 1.165) is 38.5 Å². The van der Waals surface area contributed by atoms with Crippen molar-refractivity contribution in [2.45, 2.75) is 270 Å². The number of amides is 1. The average molecular weight is 949 g/mol. The molecule has 0 aromatic carbocycles. The van der Waals surface area contributed by atoms with Crippen LogP contribution in [0.3, 0.4) is 0 Å². The van der Waals surface area contributed by atoms with Crippen LogP contribution in [0.2, 0.25) is 0 Å². The number of phosphoric ester groups is 1. The summed E-state index contributed by atoms with van der Waals surface area (Å²) in [7, 11) is 1.24. The second-order valence-electron chi connectivity index (χ2n) is 20.3. The zero-order chi connectivity index (χ0) is 48.5. The first-order chi connectivity index (χ1) is 32.0. The number of likely N-dealkylation sites (N-methyl/N-ethyl adjacent to an activating group) is 1. The van der Waals surface area contributed by atoms with E-state index in [-0.39, 0.29) is 12.5 Å². The first-order valence-electron chi connectivity index (χ1n) is 28.0. The van der Waals surface area contributed by atoms with Gasteiger partial charge in [0.15, 0.2) is 0 Å². The molecule has 2 N–H and O–H groups in total. The maximum atomic E-state index is 12.9. The van der Waals surface area contributed by atoms with Crippen LogP contribution >= 0.6 is 7.82 Å². The number of nitrogens with zero attached hydrogens (tertiary/aromatic N) is 1. The fourth-order valence-corrected chi connectivity index (χ4v) is 8.83. The van der Waals surface area contributed by atoms with Crippen molar-refractivity contribution in [3.8, 4) is 0 Å². The largest absolute Gasteiger partial charge is 0.756 e. The quantitative estimate of drug-likeness (QED) is 0.0207. The van der Waals surface area contributed by atoms with Crippen molar-refractivity contribution in [2.24, 2.45) is 0 Å². The van der Waals surface area contributed by atoms with Gasteiger partial charge >= 0.3 is 0 Å². The summed E-state index contributed by atoms with van der Waals surface area (Å²) in [6.45, 7) is 4.62. The third kappa shape index (κ3) is 50.3. The summed E-state index contributed by atoms with van der Waals surface area (Å²) in [6, 6.07) is -0.906. The lowest BCUT2D eigenvalue weighted by atomic mass is 10.0. The Morgan fingerprint density at radius 2 is 0.894 bits per heavy atom. The summed E-state index contributed by atoms with van der Waals surface area (Å²) in [4.78, 5) is 25.5. The molecule has 0 aromatic rings. The van der Waals surface area contributed by atoms with E-state index in [1.807, 2.05) is 27.2 Å². The van der Waals surface area contributed by atoms with Crippen molar-refractivity contribution in [1.82, 2.24) is 5.32 Å². The molecule has 0 aliphatic rings. The number of carbonyl (C=O) groups excluding carboxylic acids is 1. The van der Waals surface area contributed by atoms with E-state index in [2.05, 4.69) is 55.6 Å². The second kappa shape index (κ2) is 48.5. The Hall–Kier alpha value is -1.54. The highest BCUT2D eigenvalue weighted by atomic mass is 31.2. The number of rotatable bonds is 51. The van der Waals surface area contributed by atoms with Crippen molar-refractivity contribution in [3.05, 3.63) is 48.6 Å². The minimum atomic E-state index is -4.61. The Bertz CT molecular complexity index is 1210. The van der Waals surface area contributed by atoms with Gasteiger partial charge in [-0.15, -0.1) is 0 Å². The molecule has 3 atom stereocenters. The number of nitrogens with one attached hydrogen (secondary N) is 1. The van der Waals surface area contributed by atoms with Gasteiger partial charge in [0.2, 0.25) is 5.91 Å². The lowest BCUT2D eigenvalue weighted by molar-refractivity contribution is -0.870. The first kappa shape index (κ1) is 64.5. The molecule has 0 aromatic heterocycles. The van der Waals surface area contributed by atoms with Gasteiger partial charge in [-0.1, -0.05) is 242 Å². The van der Waals surface area contributed by atoms with E-state index < -0.39 is 26.6 Å². The van der Waals surface area contributed by atoms with Gasteiger partial charge in [0.25, 0.3) is 7.82 Å². The number of phosphoric acid groups is 1. The maximum Gasteiger partial charge on any atom is 0.268 e. The van der Waals surface area contributed by atoms with E-state index >= 15 is 0 Å². The van der Waals surface area contributed by atoms with Crippen LogP contribution in [0.4, 0.5) is 0 Å². The van der Waals surface area contributed by atoms with Gasteiger partial charge in [0.1, 0.15) is 13.2 Å². The number of hydrogen-bond acceptors (Lipinski definition) is 6. The van der Waals surface area contributed by atoms with Crippen molar-refractivity contribution >= 4 is 13.7 Å². The maximum absolute atomic E-state index is 12.9. The number of aliphatic hydroxyl groups is 1. The average Bonchev–Trinajstić information content (AvgIpc) is 3.28. The first-order valence-corrected chi connectivity index (χ1v) is 29.5. The minimum absolute atomic E-state index is 0.00771. The number of carbonyl (C=O) groups is 1. The van der Waals surface area contributed by atoms with Crippen molar-refractivity contribution in [1.29, 1.82) is 0 Å². The predicted octanol–water partition coefficient (Wildman–Crippen LogP) is 16.1. The van der Waals surface area contributed by atoms with Crippen LogP contribution in [0.1, 0.15) is 258 Å². The third-order valence-corrected chi connectivity index (χ3v) is 13.5. The van der Waals surface area contributed by atoms with E-state index in [9.17, 15) is 19.4 Å². The van der Waals surface area contributed by atoms with Crippen molar-refractivity contribution in [2.75, 3.05) is 40.9 Å². The van der Waals surface area contributed by atoms with Crippen LogP contribution in [0.5, 0.6) is 0 Å². The molecular weight excluding hydrogens is 840 g/mol. The fourth-order valence-electron chi connectivity index (χ4n) is 8.10. The third-order valence-electron chi connectivity index (χ3n) is 12.5. The number of allylic oxidation sites excluding steroid dienone is 7. The normalized spacial score (nSPS) is 14.3. The summed E-state index contributed by atoms with van der Waals surface area (Å²) in [5.41, 5.74) is 0. The summed E-state index contributed by atoms with van der Waals surface area (Å²) in [6.07, 6.45) is 63.3. The Morgan fingerprint density at radius 1 is 0.530 bits per heavy atom. The number of aliphatic hydroxyl groups excluding tert-OH is 1. The molecule has 388 valence electrons. The monoisotopic (exact) mass is 949 g/mol. The van der Waals surface area contributed by atoms with Crippen LogP contribution in [0.15, 0.2) is 48.6 Å². The molecule has 0 rings (SSSR count). The fraction of sp³-hybridized carbons (Fsp3) is 0.842. The topological polar surface area (TPSA) is 108 Å². The molecule has 0 spiro atoms. The molecule has 66 heavy (non-hydrogen) atoms. The zero-order valence-corrected chi connectivity index (χ0v) is 45.0. The van der Waals surface area contributed by atoms with Crippen LogP contribution in [0, 0.1) is 0 Å². The second-order valence-corrected chi connectivity index (χ2v) is 21.7. The van der Waals surface area contributed by atoms with Crippen LogP contribution in [-0.2, 0) is 18.4 Å². The van der Waals surface area contributed by atoms with E-state index in [4.69, 9.17) is 9.05 Å². The molecule has 0 aliphatic heterocycles. The van der Waals surface area contributed by atoms with Gasteiger partial charge in [-0.3, -0.25) is 9.36 Å². The Morgan fingerprint density at radius 3 is 1.35 bits per heavy atom. The van der Waals surface area contributed by atoms with E-state index in [1.54, 1.807) is 6.08 Å².